The topological polar surface area (TPSA) is 56.7 Å². The van der Waals surface area contributed by atoms with E-state index in [0.29, 0.717) is 4.68 Å². The van der Waals surface area contributed by atoms with Crippen molar-refractivity contribution in [2.75, 3.05) is 5.73 Å². The summed E-state index contributed by atoms with van der Waals surface area (Å²) in [5.41, 5.74) is 0.192. The smallest absolute Gasteiger partial charge is 0.383 e. The van der Waals surface area contributed by atoms with Crippen molar-refractivity contribution in [3.05, 3.63) is 44.5 Å². The highest BCUT2D eigenvalue weighted by atomic mass is 35.5. The molecule has 15 heteroatoms. The lowest BCUT2D eigenvalue weighted by atomic mass is 10.1. The van der Waals surface area contributed by atoms with Crippen LogP contribution in [0.25, 0.3) is 16.7 Å². The van der Waals surface area contributed by atoms with Crippen LogP contribution in [0.4, 0.5) is 40.9 Å². The number of benzene rings is 1. The van der Waals surface area contributed by atoms with E-state index in [-0.39, 0.29) is 20.8 Å². The number of hydrogen-bond acceptors (Lipinski definition) is 3. The van der Waals surface area contributed by atoms with E-state index in [1.807, 2.05) is 0 Å². The molecule has 0 spiro atoms. The van der Waals surface area contributed by atoms with E-state index in [0.717, 1.165) is 12.1 Å². The minimum Gasteiger partial charge on any atom is -0.383 e. The predicted octanol–water partition coefficient (Wildman–Crippen LogP) is 6.64. The Morgan fingerprint density at radius 3 is 1.87 bits per heavy atom. The number of anilines is 1. The minimum absolute atomic E-state index is 0.0465. The summed E-state index contributed by atoms with van der Waals surface area (Å²) in [4.78, 5) is 2.98. The standard InChI is InChI=1S/C15H5Cl3F8N4/c16-4-1-6(17)10(7(18)2-4)30-11(27)9-5(14(21,22)23)3-8(28-12(9)29-30)13(19,20)15(24,25)26/h1-3H,27H2. The van der Waals surface area contributed by atoms with Crippen LogP contribution < -0.4 is 5.73 Å². The van der Waals surface area contributed by atoms with Crippen LogP contribution in [0, 0.1) is 0 Å². The molecule has 0 saturated heterocycles. The second-order valence-electron chi connectivity index (χ2n) is 5.84. The van der Waals surface area contributed by atoms with Gasteiger partial charge in [-0.15, -0.1) is 5.10 Å². The molecule has 2 aromatic heterocycles. The van der Waals surface area contributed by atoms with E-state index in [2.05, 4.69) is 10.1 Å². The van der Waals surface area contributed by atoms with Crippen LogP contribution in [0.15, 0.2) is 18.2 Å². The quantitative estimate of drug-likeness (QED) is 0.403. The molecule has 2 N–H and O–H groups in total. The molecule has 0 aliphatic carbocycles. The molecule has 2 heterocycles. The molecule has 1 aromatic carbocycles. The first-order valence-corrected chi connectivity index (χ1v) is 8.55. The van der Waals surface area contributed by atoms with E-state index in [1.54, 1.807) is 0 Å². The number of nitrogens with zero attached hydrogens (tertiary/aromatic N) is 3. The Bertz CT molecular complexity index is 1130. The van der Waals surface area contributed by atoms with Gasteiger partial charge in [-0.1, -0.05) is 34.8 Å². The van der Waals surface area contributed by atoms with Crippen molar-refractivity contribution in [1.82, 2.24) is 14.8 Å². The Labute approximate surface area is 176 Å². The van der Waals surface area contributed by atoms with Gasteiger partial charge in [-0.3, -0.25) is 0 Å². The van der Waals surface area contributed by atoms with E-state index in [1.165, 1.54) is 0 Å². The number of nitrogens with two attached hydrogens (primary N) is 1. The Hall–Kier alpha value is -2.05. The molecule has 0 radical (unpaired) electrons. The molecular weight excluding hydrogens is 495 g/mol. The lowest BCUT2D eigenvalue weighted by Gasteiger charge is -2.20. The average molecular weight is 500 g/mol. The molecular formula is C15H5Cl3F8N4. The Balaban J connectivity index is 2.41. The number of nitrogen functional groups attached to an aromatic ring is 1. The van der Waals surface area contributed by atoms with Crippen LogP contribution in [0.1, 0.15) is 11.3 Å². The SMILES string of the molecule is Nc1c2c(C(F)(F)F)cc(C(F)(F)C(F)(F)F)nc2nn1-c1c(Cl)cc(Cl)cc1Cl. The fourth-order valence-electron chi connectivity index (χ4n) is 2.55. The van der Waals surface area contributed by atoms with Crippen molar-refractivity contribution >= 4 is 51.7 Å². The largest absolute Gasteiger partial charge is 0.459 e. The molecule has 162 valence electrons. The highest BCUT2D eigenvalue weighted by Gasteiger charge is 2.60. The Kier molecular flexibility index (Phi) is 5.27. The molecule has 4 nitrogen and oxygen atoms in total. The fourth-order valence-corrected chi connectivity index (χ4v) is 3.53. The van der Waals surface area contributed by atoms with Gasteiger partial charge in [0.25, 0.3) is 0 Å². The summed E-state index contributed by atoms with van der Waals surface area (Å²) in [7, 11) is 0. The second kappa shape index (κ2) is 6.99. The third-order valence-corrected chi connectivity index (χ3v) is 4.65. The molecule has 3 aromatic rings. The number of rotatable bonds is 2. The summed E-state index contributed by atoms with van der Waals surface area (Å²) in [6.07, 6.45) is -11.6. The number of aromatic nitrogens is 3. The minimum atomic E-state index is -6.20. The van der Waals surface area contributed by atoms with E-state index >= 15 is 0 Å². The van der Waals surface area contributed by atoms with Crippen molar-refractivity contribution in [2.45, 2.75) is 18.3 Å². The third-order valence-electron chi connectivity index (χ3n) is 3.86. The molecule has 0 aliphatic rings. The van der Waals surface area contributed by atoms with Crippen molar-refractivity contribution in [3.63, 3.8) is 0 Å². The first kappa shape index (κ1) is 22.6. The maximum Gasteiger partial charge on any atom is 0.459 e. The van der Waals surface area contributed by atoms with Crippen molar-refractivity contribution < 1.29 is 35.1 Å². The van der Waals surface area contributed by atoms with Crippen LogP contribution >= 0.6 is 34.8 Å². The molecule has 0 bridgehead atoms. The zero-order chi connectivity index (χ0) is 22.8. The molecule has 0 saturated carbocycles. The third kappa shape index (κ3) is 3.60. The van der Waals surface area contributed by atoms with E-state index in [9.17, 15) is 35.1 Å². The normalized spacial score (nSPS) is 13.3. The Morgan fingerprint density at radius 1 is 0.867 bits per heavy atom. The van der Waals surface area contributed by atoms with Gasteiger partial charge in [-0.25, -0.2) is 9.67 Å². The van der Waals surface area contributed by atoms with Crippen molar-refractivity contribution in [3.8, 4) is 5.69 Å². The molecule has 0 amide bonds. The molecule has 0 aliphatic heterocycles. The summed E-state index contributed by atoms with van der Waals surface area (Å²) in [6, 6.07) is 1.85. The van der Waals surface area contributed by atoms with E-state index in [4.69, 9.17) is 40.5 Å². The lowest BCUT2D eigenvalue weighted by molar-refractivity contribution is -0.291. The monoisotopic (exact) mass is 498 g/mol. The van der Waals surface area contributed by atoms with Crippen molar-refractivity contribution in [2.24, 2.45) is 0 Å². The maximum atomic E-state index is 13.7. The van der Waals surface area contributed by atoms with Gasteiger partial charge in [-0.05, 0) is 18.2 Å². The molecule has 0 unspecified atom stereocenters. The summed E-state index contributed by atoms with van der Waals surface area (Å²) in [5.74, 6) is -6.48. The zero-order valence-corrected chi connectivity index (χ0v) is 16.1. The van der Waals surface area contributed by atoms with Crippen LogP contribution in [0.5, 0.6) is 0 Å². The number of pyridine rings is 1. The summed E-state index contributed by atoms with van der Waals surface area (Å²) in [6.45, 7) is 0. The van der Waals surface area contributed by atoms with E-state index < -0.39 is 52.5 Å². The summed E-state index contributed by atoms with van der Waals surface area (Å²) < 4.78 is 106. The second-order valence-corrected chi connectivity index (χ2v) is 7.09. The van der Waals surface area contributed by atoms with Crippen LogP contribution in [-0.4, -0.2) is 20.9 Å². The fraction of sp³-hybridized carbons (Fsp3) is 0.200. The van der Waals surface area contributed by atoms with Gasteiger partial charge >= 0.3 is 18.3 Å². The van der Waals surface area contributed by atoms with Gasteiger partial charge in [0.15, 0.2) is 5.65 Å². The number of hydrogen-bond donors (Lipinski definition) is 1. The van der Waals surface area contributed by atoms with Gasteiger partial charge in [0.05, 0.1) is 21.0 Å². The number of halogens is 11. The summed E-state index contributed by atoms with van der Waals surface area (Å²) in [5, 5.41) is 2.10. The number of fused-ring (bicyclic) bond motifs is 1. The average Bonchev–Trinajstić information content (AvgIpc) is 2.88. The molecule has 0 fully saturated rings. The maximum absolute atomic E-state index is 13.7. The predicted molar refractivity (Wildman–Crippen MR) is 93.3 cm³/mol. The molecule has 3 rings (SSSR count). The lowest BCUT2D eigenvalue weighted by Crippen LogP contribution is -2.35. The van der Waals surface area contributed by atoms with Crippen LogP contribution in [0.2, 0.25) is 15.1 Å². The zero-order valence-electron chi connectivity index (χ0n) is 13.8. The van der Waals surface area contributed by atoms with Crippen molar-refractivity contribution in [1.29, 1.82) is 0 Å². The van der Waals surface area contributed by atoms with Gasteiger partial charge in [-0.2, -0.15) is 35.1 Å². The molecule has 30 heavy (non-hydrogen) atoms. The number of alkyl halides is 8. The van der Waals surface area contributed by atoms with Gasteiger partial charge in [0, 0.05) is 5.02 Å². The first-order chi connectivity index (χ1) is 13.6. The highest BCUT2D eigenvalue weighted by molar-refractivity contribution is 6.40. The van der Waals surface area contributed by atoms with Gasteiger partial charge < -0.3 is 5.73 Å². The first-order valence-electron chi connectivity index (χ1n) is 7.42. The highest BCUT2D eigenvalue weighted by Crippen LogP contribution is 2.46. The Morgan fingerprint density at radius 2 is 1.40 bits per heavy atom. The van der Waals surface area contributed by atoms with Crippen LogP contribution in [-0.2, 0) is 12.1 Å². The van der Waals surface area contributed by atoms with Crippen LogP contribution in [0.3, 0.4) is 0 Å². The van der Waals surface area contributed by atoms with Gasteiger partial charge in [0.1, 0.15) is 17.2 Å². The molecule has 0 atom stereocenters. The summed E-state index contributed by atoms with van der Waals surface area (Å²) >= 11 is 17.7. The van der Waals surface area contributed by atoms with Gasteiger partial charge in [0.2, 0.25) is 0 Å².